The molecular formula is C19H17ClF3N5O. The standard InChI is InChI=1S/C19H17ClF3N5O/c1-3-18(29)27-11-4-5-16(12(8-11)15(24)6-7-25-2)28-17-9-14(20)13(10-26-17)19(21,22)23/h3-10,24-25H,1H2,2H3,(H,26,28)(H,27,29)/b7-6-,24-15?. The van der Waals surface area contributed by atoms with E-state index in [9.17, 15) is 18.0 Å². The molecule has 0 spiro atoms. The van der Waals surface area contributed by atoms with Gasteiger partial charge in [0.05, 0.1) is 16.3 Å². The van der Waals surface area contributed by atoms with E-state index in [4.69, 9.17) is 17.0 Å². The Kier molecular flexibility index (Phi) is 7.00. The molecule has 0 radical (unpaired) electrons. The van der Waals surface area contributed by atoms with Gasteiger partial charge in [-0.2, -0.15) is 13.2 Å². The summed E-state index contributed by atoms with van der Waals surface area (Å²) in [6, 6.07) is 5.71. The molecule has 0 atom stereocenters. The number of carbonyl (C=O) groups is 1. The van der Waals surface area contributed by atoms with Crippen LogP contribution in [0, 0.1) is 5.41 Å². The Bertz CT molecular complexity index is 973. The molecule has 0 aliphatic carbocycles. The summed E-state index contributed by atoms with van der Waals surface area (Å²) < 4.78 is 38.5. The van der Waals surface area contributed by atoms with Crippen molar-refractivity contribution in [2.24, 2.45) is 0 Å². The van der Waals surface area contributed by atoms with Crippen molar-refractivity contribution in [2.45, 2.75) is 6.18 Å². The monoisotopic (exact) mass is 423 g/mol. The zero-order valence-corrected chi connectivity index (χ0v) is 15.9. The van der Waals surface area contributed by atoms with E-state index >= 15 is 0 Å². The zero-order valence-electron chi connectivity index (χ0n) is 15.2. The SMILES string of the molecule is C=CC(=O)Nc1ccc(Nc2cc(Cl)c(C(F)(F)F)cn2)c(C(=N)/C=C\NC)c1. The number of nitrogens with zero attached hydrogens (tertiary/aromatic N) is 1. The largest absolute Gasteiger partial charge is 0.419 e. The molecule has 1 aromatic heterocycles. The van der Waals surface area contributed by atoms with Gasteiger partial charge in [-0.05, 0) is 36.6 Å². The van der Waals surface area contributed by atoms with Crippen LogP contribution in [0.25, 0.3) is 0 Å². The lowest BCUT2D eigenvalue weighted by Gasteiger charge is -2.15. The lowest BCUT2D eigenvalue weighted by Crippen LogP contribution is -2.10. The fourth-order valence-electron chi connectivity index (χ4n) is 2.25. The lowest BCUT2D eigenvalue weighted by atomic mass is 10.1. The van der Waals surface area contributed by atoms with Gasteiger partial charge in [0.15, 0.2) is 0 Å². The van der Waals surface area contributed by atoms with Crippen molar-refractivity contribution in [1.82, 2.24) is 10.3 Å². The number of benzene rings is 1. The highest BCUT2D eigenvalue weighted by molar-refractivity contribution is 6.31. The summed E-state index contributed by atoms with van der Waals surface area (Å²) in [7, 11) is 1.66. The van der Waals surface area contributed by atoms with E-state index in [0.29, 0.717) is 23.1 Å². The normalized spacial score (nSPS) is 11.2. The maximum Gasteiger partial charge on any atom is 0.419 e. The van der Waals surface area contributed by atoms with E-state index in [0.717, 1.165) is 12.1 Å². The zero-order chi connectivity index (χ0) is 21.6. The highest BCUT2D eigenvalue weighted by Gasteiger charge is 2.33. The van der Waals surface area contributed by atoms with Crippen molar-refractivity contribution >= 4 is 40.4 Å². The number of hydrogen-bond donors (Lipinski definition) is 4. The molecule has 1 aromatic carbocycles. The second-order valence-electron chi connectivity index (χ2n) is 5.66. The van der Waals surface area contributed by atoms with E-state index in [2.05, 4.69) is 27.5 Å². The summed E-state index contributed by atoms with van der Waals surface area (Å²) in [5.74, 6) is -0.359. The number of halogens is 4. The van der Waals surface area contributed by atoms with Gasteiger partial charge in [0.25, 0.3) is 0 Å². The Labute approximate surface area is 170 Å². The number of hydrogen-bond acceptors (Lipinski definition) is 5. The van der Waals surface area contributed by atoms with E-state index in [-0.39, 0.29) is 11.5 Å². The first-order valence-electron chi connectivity index (χ1n) is 8.15. The van der Waals surface area contributed by atoms with Crippen LogP contribution in [0.5, 0.6) is 0 Å². The van der Waals surface area contributed by atoms with Crippen molar-refractivity contribution < 1.29 is 18.0 Å². The summed E-state index contributed by atoms with van der Waals surface area (Å²) >= 11 is 5.73. The molecule has 0 bridgehead atoms. The van der Waals surface area contributed by atoms with Crippen molar-refractivity contribution in [3.05, 3.63) is 71.5 Å². The average Bonchev–Trinajstić information content (AvgIpc) is 2.66. The van der Waals surface area contributed by atoms with Gasteiger partial charge in [0.2, 0.25) is 5.91 Å². The Morgan fingerprint density at radius 3 is 2.62 bits per heavy atom. The number of nitrogens with one attached hydrogen (secondary N) is 4. The minimum atomic E-state index is -4.61. The third-order valence-electron chi connectivity index (χ3n) is 3.60. The number of pyridine rings is 1. The number of anilines is 3. The summed E-state index contributed by atoms with van der Waals surface area (Å²) in [5.41, 5.74) is 0.204. The second-order valence-corrected chi connectivity index (χ2v) is 6.07. The molecule has 0 saturated carbocycles. The predicted molar refractivity (Wildman–Crippen MR) is 108 cm³/mol. The maximum atomic E-state index is 12.8. The Morgan fingerprint density at radius 1 is 1.31 bits per heavy atom. The van der Waals surface area contributed by atoms with Gasteiger partial charge in [0, 0.05) is 36.2 Å². The van der Waals surface area contributed by atoms with Crippen LogP contribution in [0.15, 0.2) is 55.4 Å². The molecule has 2 rings (SSSR count). The predicted octanol–water partition coefficient (Wildman–Crippen LogP) is 4.72. The lowest BCUT2D eigenvalue weighted by molar-refractivity contribution is -0.137. The summed E-state index contributed by atoms with van der Waals surface area (Å²) in [6.45, 7) is 3.37. The van der Waals surface area contributed by atoms with Crippen LogP contribution in [0.2, 0.25) is 5.02 Å². The van der Waals surface area contributed by atoms with Gasteiger partial charge in [0.1, 0.15) is 5.82 Å². The summed E-state index contributed by atoms with van der Waals surface area (Å²) in [4.78, 5) is 15.3. The van der Waals surface area contributed by atoms with Gasteiger partial charge in [-0.1, -0.05) is 18.2 Å². The molecule has 4 N–H and O–H groups in total. The fourth-order valence-corrected chi connectivity index (χ4v) is 2.51. The Hall–Kier alpha value is -3.33. The fraction of sp³-hybridized carbons (Fsp3) is 0.105. The molecule has 0 aliphatic rings. The van der Waals surface area contributed by atoms with E-state index in [1.807, 2.05) is 0 Å². The van der Waals surface area contributed by atoms with Gasteiger partial charge in [-0.3, -0.25) is 4.79 Å². The van der Waals surface area contributed by atoms with E-state index in [1.165, 1.54) is 18.3 Å². The second kappa shape index (κ2) is 9.24. The van der Waals surface area contributed by atoms with Crippen LogP contribution in [-0.4, -0.2) is 23.7 Å². The topological polar surface area (TPSA) is 89.9 Å². The van der Waals surface area contributed by atoms with E-state index in [1.54, 1.807) is 19.2 Å². The molecule has 1 amide bonds. The quantitative estimate of drug-likeness (QED) is 0.383. The molecule has 0 unspecified atom stereocenters. The van der Waals surface area contributed by atoms with Crippen LogP contribution < -0.4 is 16.0 Å². The molecular weight excluding hydrogens is 407 g/mol. The van der Waals surface area contributed by atoms with Gasteiger partial charge in [-0.15, -0.1) is 0 Å². The Balaban J connectivity index is 2.41. The molecule has 1 heterocycles. The first kappa shape index (κ1) is 22.0. The van der Waals surface area contributed by atoms with Gasteiger partial charge in [-0.25, -0.2) is 4.98 Å². The highest BCUT2D eigenvalue weighted by atomic mass is 35.5. The molecule has 2 aromatic rings. The molecule has 29 heavy (non-hydrogen) atoms. The summed E-state index contributed by atoms with van der Waals surface area (Å²) in [6.07, 6.45) is 0.140. The van der Waals surface area contributed by atoms with E-state index < -0.39 is 22.7 Å². The number of allylic oxidation sites excluding steroid dienone is 1. The molecule has 10 heteroatoms. The number of carbonyl (C=O) groups excluding carboxylic acids is 1. The van der Waals surface area contributed by atoms with Crippen LogP contribution in [-0.2, 0) is 11.0 Å². The average molecular weight is 424 g/mol. The van der Waals surface area contributed by atoms with Crippen LogP contribution >= 0.6 is 11.6 Å². The highest BCUT2D eigenvalue weighted by Crippen LogP contribution is 2.35. The van der Waals surface area contributed by atoms with Crippen molar-refractivity contribution in [3.8, 4) is 0 Å². The molecule has 0 saturated heterocycles. The number of aromatic nitrogens is 1. The molecule has 0 aliphatic heterocycles. The molecule has 6 nitrogen and oxygen atoms in total. The maximum absolute atomic E-state index is 12.8. The van der Waals surface area contributed by atoms with Gasteiger partial charge >= 0.3 is 6.18 Å². The minimum Gasteiger partial charge on any atom is -0.394 e. The molecule has 152 valence electrons. The van der Waals surface area contributed by atoms with Crippen molar-refractivity contribution in [1.29, 1.82) is 5.41 Å². The van der Waals surface area contributed by atoms with Crippen molar-refractivity contribution in [2.75, 3.05) is 17.7 Å². The van der Waals surface area contributed by atoms with Gasteiger partial charge < -0.3 is 21.4 Å². The third-order valence-corrected chi connectivity index (χ3v) is 3.91. The Morgan fingerprint density at radius 2 is 2.03 bits per heavy atom. The minimum absolute atomic E-state index is 0.0672. The molecule has 0 fully saturated rings. The number of alkyl halides is 3. The third kappa shape index (κ3) is 5.82. The smallest absolute Gasteiger partial charge is 0.394 e. The first-order chi connectivity index (χ1) is 13.7. The number of rotatable bonds is 7. The first-order valence-corrected chi connectivity index (χ1v) is 8.53. The summed E-state index contributed by atoms with van der Waals surface area (Å²) in [5, 5.41) is 15.9. The number of amides is 1. The van der Waals surface area contributed by atoms with Crippen molar-refractivity contribution in [3.63, 3.8) is 0 Å². The van der Waals surface area contributed by atoms with Crippen LogP contribution in [0.4, 0.5) is 30.4 Å². The van der Waals surface area contributed by atoms with Crippen LogP contribution in [0.3, 0.4) is 0 Å². The van der Waals surface area contributed by atoms with Crippen LogP contribution in [0.1, 0.15) is 11.1 Å².